The van der Waals surface area contributed by atoms with Crippen LogP contribution in [0.1, 0.15) is 10.4 Å². The van der Waals surface area contributed by atoms with Crippen molar-refractivity contribution in [2.75, 3.05) is 5.32 Å². The first-order valence-corrected chi connectivity index (χ1v) is 4.95. The number of hydrogen-bond acceptors (Lipinski definition) is 2. The van der Waals surface area contributed by atoms with Gasteiger partial charge in [0.2, 0.25) is 5.95 Å². The quantitative estimate of drug-likeness (QED) is 0.835. The Morgan fingerprint density at radius 1 is 1.11 bits per heavy atom. The number of halogens is 3. The molecule has 1 amide bonds. The third kappa shape index (κ3) is 2.65. The topological polar surface area (TPSA) is 42.0 Å². The number of aromatic nitrogens is 1. The van der Waals surface area contributed by atoms with Crippen molar-refractivity contribution in [3.05, 3.63) is 59.5 Å². The molecule has 0 radical (unpaired) electrons. The van der Waals surface area contributed by atoms with Crippen LogP contribution in [0.5, 0.6) is 0 Å². The van der Waals surface area contributed by atoms with Gasteiger partial charge in [-0.05, 0) is 30.3 Å². The molecule has 0 spiro atoms. The second kappa shape index (κ2) is 4.87. The zero-order valence-electron chi connectivity index (χ0n) is 8.95. The van der Waals surface area contributed by atoms with E-state index >= 15 is 0 Å². The van der Waals surface area contributed by atoms with Crippen LogP contribution >= 0.6 is 0 Å². The number of carbonyl (C=O) groups is 1. The molecule has 2 rings (SSSR count). The highest BCUT2D eigenvalue weighted by Gasteiger charge is 2.13. The van der Waals surface area contributed by atoms with E-state index in [1.165, 1.54) is 12.1 Å². The fourth-order valence-electron chi connectivity index (χ4n) is 1.33. The van der Waals surface area contributed by atoms with E-state index in [0.29, 0.717) is 0 Å². The average Bonchev–Trinajstić information content (AvgIpc) is 2.32. The predicted molar refractivity (Wildman–Crippen MR) is 58.5 cm³/mol. The summed E-state index contributed by atoms with van der Waals surface area (Å²) in [5.74, 6) is -3.37. The average molecular weight is 252 g/mol. The fourth-order valence-corrected chi connectivity index (χ4v) is 1.33. The summed E-state index contributed by atoms with van der Waals surface area (Å²) in [6.07, 6.45) is 0. The van der Waals surface area contributed by atoms with Crippen LogP contribution in [0, 0.1) is 17.6 Å². The smallest absolute Gasteiger partial charge is 0.259 e. The summed E-state index contributed by atoms with van der Waals surface area (Å²) in [6.45, 7) is 0. The van der Waals surface area contributed by atoms with Crippen LogP contribution < -0.4 is 5.32 Å². The number of amides is 1. The molecule has 0 aliphatic carbocycles. The third-order valence-corrected chi connectivity index (χ3v) is 2.13. The van der Waals surface area contributed by atoms with E-state index in [-0.39, 0.29) is 5.82 Å². The van der Waals surface area contributed by atoms with Gasteiger partial charge in [-0.3, -0.25) is 4.79 Å². The van der Waals surface area contributed by atoms with Gasteiger partial charge in [-0.25, -0.2) is 13.8 Å². The van der Waals surface area contributed by atoms with Crippen LogP contribution in [0.4, 0.5) is 19.0 Å². The van der Waals surface area contributed by atoms with Crippen molar-refractivity contribution >= 4 is 11.7 Å². The Bertz CT molecular complexity index is 602. The van der Waals surface area contributed by atoms with Gasteiger partial charge >= 0.3 is 0 Å². The SMILES string of the molecule is O=C(Nc1cccc(F)n1)c1cc(F)ccc1F. The minimum atomic E-state index is -0.898. The first-order valence-electron chi connectivity index (χ1n) is 4.95. The highest BCUT2D eigenvalue weighted by atomic mass is 19.1. The molecule has 1 heterocycles. The summed E-state index contributed by atoms with van der Waals surface area (Å²) in [6, 6.07) is 6.25. The molecular formula is C12H7F3N2O. The van der Waals surface area contributed by atoms with E-state index in [4.69, 9.17) is 0 Å². The summed E-state index contributed by atoms with van der Waals surface area (Å²) >= 11 is 0. The summed E-state index contributed by atoms with van der Waals surface area (Å²) < 4.78 is 38.9. The summed E-state index contributed by atoms with van der Waals surface area (Å²) in [5, 5.41) is 2.17. The van der Waals surface area contributed by atoms with Crippen LogP contribution in [-0.4, -0.2) is 10.9 Å². The van der Waals surface area contributed by atoms with Gasteiger partial charge in [0.15, 0.2) is 0 Å². The second-order valence-corrected chi connectivity index (χ2v) is 3.42. The first kappa shape index (κ1) is 12.1. The molecule has 1 N–H and O–H groups in total. The molecule has 0 aliphatic rings. The predicted octanol–water partition coefficient (Wildman–Crippen LogP) is 2.75. The largest absolute Gasteiger partial charge is 0.306 e. The number of nitrogens with zero attached hydrogens (tertiary/aromatic N) is 1. The van der Waals surface area contributed by atoms with Crippen molar-refractivity contribution in [3.8, 4) is 0 Å². The van der Waals surface area contributed by atoms with Gasteiger partial charge < -0.3 is 5.32 Å². The van der Waals surface area contributed by atoms with Crippen molar-refractivity contribution in [3.63, 3.8) is 0 Å². The normalized spacial score (nSPS) is 10.2. The lowest BCUT2D eigenvalue weighted by molar-refractivity contribution is 0.102. The monoisotopic (exact) mass is 252 g/mol. The molecule has 3 nitrogen and oxygen atoms in total. The number of carbonyl (C=O) groups excluding carboxylic acids is 1. The molecule has 0 saturated heterocycles. The van der Waals surface area contributed by atoms with Crippen LogP contribution in [0.3, 0.4) is 0 Å². The number of anilines is 1. The van der Waals surface area contributed by atoms with E-state index in [1.807, 2.05) is 0 Å². The standard InChI is InChI=1S/C12H7F3N2O/c13-7-4-5-9(14)8(6-7)12(18)17-11-3-1-2-10(15)16-11/h1-6H,(H,16,17,18). The highest BCUT2D eigenvalue weighted by molar-refractivity contribution is 6.03. The molecule has 92 valence electrons. The van der Waals surface area contributed by atoms with Crippen LogP contribution in [0.15, 0.2) is 36.4 Å². The van der Waals surface area contributed by atoms with Crippen molar-refractivity contribution in [2.24, 2.45) is 0 Å². The van der Waals surface area contributed by atoms with Gasteiger partial charge in [0.25, 0.3) is 5.91 Å². The number of pyridine rings is 1. The van der Waals surface area contributed by atoms with Gasteiger partial charge in [-0.2, -0.15) is 4.39 Å². The van der Waals surface area contributed by atoms with Gasteiger partial charge in [-0.15, -0.1) is 0 Å². The number of hydrogen-bond donors (Lipinski definition) is 1. The van der Waals surface area contributed by atoms with E-state index < -0.39 is 29.1 Å². The maximum absolute atomic E-state index is 13.3. The second-order valence-electron chi connectivity index (χ2n) is 3.42. The minimum Gasteiger partial charge on any atom is -0.306 e. The van der Waals surface area contributed by atoms with Crippen LogP contribution in [-0.2, 0) is 0 Å². The van der Waals surface area contributed by atoms with Crippen molar-refractivity contribution in [1.29, 1.82) is 0 Å². The van der Waals surface area contributed by atoms with E-state index in [9.17, 15) is 18.0 Å². The number of nitrogens with one attached hydrogen (secondary N) is 1. The maximum atomic E-state index is 13.3. The van der Waals surface area contributed by atoms with Gasteiger partial charge in [0.05, 0.1) is 5.56 Å². The molecule has 6 heteroatoms. The lowest BCUT2D eigenvalue weighted by Crippen LogP contribution is -2.15. The Balaban J connectivity index is 2.24. The number of rotatable bonds is 2. The zero-order chi connectivity index (χ0) is 13.1. The molecule has 1 aromatic heterocycles. The Morgan fingerprint density at radius 2 is 1.89 bits per heavy atom. The molecule has 0 saturated carbocycles. The maximum Gasteiger partial charge on any atom is 0.259 e. The Morgan fingerprint density at radius 3 is 2.61 bits per heavy atom. The van der Waals surface area contributed by atoms with Crippen molar-refractivity contribution in [1.82, 2.24) is 4.98 Å². The fraction of sp³-hybridized carbons (Fsp3) is 0. The van der Waals surface area contributed by atoms with Gasteiger partial charge in [0, 0.05) is 0 Å². The van der Waals surface area contributed by atoms with Crippen molar-refractivity contribution in [2.45, 2.75) is 0 Å². The zero-order valence-corrected chi connectivity index (χ0v) is 8.95. The van der Waals surface area contributed by atoms with Crippen LogP contribution in [0.2, 0.25) is 0 Å². The Hall–Kier alpha value is -2.37. The van der Waals surface area contributed by atoms with E-state index in [1.54, 1.807) is 0 Å². The van der Waals surface area contributed by atoms with E-state index in [2.05, 4.69) is 10.3 Å². The molecular weight excluding hydrogens is 245 g/mol. The van der Waals surface area contributed by atoms with Crippen molar-refractivity contribution < 1.29 is 18.0 Å². The minimum absolute atomic E-state index is 0.0799. The highest BCUT2D eigenvalue weighted by Crippen LogP contribution is 2.12. The Labute approximate surface area is 100 Å². The molecule has 0 bridgehead atoms. The summed E-state index contributed by atoms with van der Waals surface area (Å²) in [5.41, 5.74) is -0.471. The summed E-state index contributed by atoms with van der Waals surface area (Å²) in [4.78, 5) is 15.0. The molecule has 0 unspecified atom stereocenters. The molecule has 0 fully saturated rings. The van der Waals surface area contributed by atoms with E-state index in [0.717, 1.165) is 24.3 Å². The molecule has 0 atom stereocenters. The molecule has 2 aromatic rings. The Kier molecular flexibility index (Phi) is 3.27. The van der Waals surface area contributed by atoms with Crippen LogP contribution in [0.25, 0.3) is 0 Å². The third-order valence-electron chi connectivity index (χ3n) is 2.13. The first-order chi connectivity index (χ1) is 8.56. The number of benzene rings is 1. The molecule has 1 aromatic carbocycles. The summed E-state index contributed by atoms with van der Waals surface area (Å²) in [7, 11) is 0. The lowest BCUT2D eigenvalue weighted by Gasteiger charge is -2.05. The lowest BCUT2D eigenvalue weighted by atomic mass is 10.2. The molecule has 0 aliphatic heterocycles. The van der Waals surface area contributed by atoms with Gasteiger partial charge in [0.1, 0.15) is 17.5 Å². The molecule has 18 heavy (non-hydrogen) atoms. The van der Waals surface area contributed by atoms with Gasteiger partial charge in [-0.1, -0.05) is 6.07 Å².